The molecule has 0 N–H and O–H groups in total. The van der Waals surface area contributed by atoms with E-state index in [0.717, 1.165) is 61.0 Å². The number of thioether (sulfide) groups is 1. The minimum atomic E-state index is -4.31. The van der Waals surface area contributed by atoms with Crippen molar-refractivity contribution in [2.45, 2.75) is 18.3 Å². The minimum absolute atomic E-state index is 0. The molecule has 0 amide bonds. The van der Waals surface area contributed by atoms with Crippen LogP contribution in [0.25, 0.3) is 5.65 Å². The van der Waals surface area contributed by atoms with Gasteiger partial charge in [-0.15, -0.1) is 35.0 Å². The van der Waals surface area contributed by atoms with Gasteiger partial charge in [0, 0.05) is 49.9 Å². The molecule has 0 unspecified atom stereocenters. The van der Waals surface area contributed by atoms with E-state index in [1.54, 1.807) is 17.8 Å². The highest BCUT2D eigenvalue weighted by molar-refractivity contribution is 7.99. The summed E-state index contributed by atoms with van der Waals surface area (Å²) in [5.41, 5.74) is 2.00. The van der Waals surface area contributed by atoms with Crippen molar-refractivity contribution in [3.63, 3.8) is 0 Å². The van der Waals surface area contributed by atoms with Gasteiger partial charge >= 0.3 is 6.18 Å². The van der Waals surface area contributed by atoms with Crippen LogP contribution in [0.15, 0.2) is 47.6 Å². The Morgan fingerprint density at radius 3 is 2.39 bits per heavy atom. The zero-order chi connectivity index (χ0) is 20.4. The maximum absolute atomic E-state index is 12.9. The van der Waals surface area contributed by atoms with Gasteiger partial charge in [-0.1, -0.05) is 23.9 Å². The third-order valence-electron chi connectivity index (χ3n) is 5.14. The molecule has 1 aromatic carbocycles. The third kappa shape index (κ3) is 5.97. The van der Waals surface area contributed by atoms with Crippen molar-refractivity contribution >= 4 is 47.9 Å². The number of anilines is 1. The Morgan fingerprint density at radius 2 is 1.68 bits per heavy atom. The van der Waals surface area contributed by atoms with E-state index in [4.69, 9.17) is 0 Å². The molecule has 0 spiro atoms. The van der Waals surface area contributed by atoms with Crippen molar-refractivity contribution < 1.29 is 13.2 Å². The first-order valence-electron chi connectivity index (χ1n) is 9.50. The van der Waals surface area contributed by atoms with Crippen molar-refractivity contribution in [2.24, 2.45) is 0 Å². The van der Waals surface area contributed by atoms with Crippen molar-refractivity contribution in [1.82, 2.24) is 19.5 Å². The molecule has 0 saturated carbocycles. The van der Waals surface area contributed by atoms with Crippen LogP contribution < -0.4 is 4.90 Å². The summed E-state index contributed by atoms with van der Waals surface area (Å²) < 4.78 is 40.9. The number of benzene rings is 1. The lowest BCUT2D eigenvalue weighted by atomic mass is 10.1. The zero-order valence-corrected chi connectivity index (χ0v) is 19.3. The predicted octanol–water partition coefficient (Wildman–Crippen LogP) is 4.81. The van der Waals surface area contributed by atoms with Gasteiger partial charge in [0.05, 0.1) is 5.56 Å². The van der Waals surface area contributed by atoms with Crippen LogP contribution in [0.3, 0.4) is 0 Å². The van der Waals surface area contributed by atoms with E-state index in [-0.39, 0.29) is 24.8 Å². The standard InChI is InChI=1S/C20H22F3N5S.2ClH/c1-15-4-2-7-18-24-25-19(28(15)18)29-13-12-26-8-10-27(11-9-26)17-6-3-5-16(14-17)20(21,22)23;;/h2-7,14H,8-13H2,1H3;2*1H. The molecule has 1 saturated heterocycles. The van der Waals surface area contributed by atoms with Crippen LogP contribution >= 0.6 is 36.6 Å². The Kier molecular flexibility index (Phi) is 8.88. The molecule has 3 heterocycles. The molecule has 5 nitrogen and oxygen atoms in total. The Bertz CT molecular complexity index is 990. The lowest BCUT2D eigenvalue weighted by Gasteiger charge is -2.36. The first-order valence-corrected chi connectivity index (χ1v) is 10.5. The molecular formula is C20H24Cl2F3N5S. The molecule has 1 aliphatic heterocycles. The first kappa shape index (κ1) is 25.6. The van der Waals surface area contributed by atoms with Crippen LogP contribution in [0, 0.1) is 6.92 Å². The SMILES string of the molecule is Cc1cccc2nnc(SCCN3CCN(c4cccc(C(F)(F)F)c4)CC3)n12.Cl.Cl. The lowest BCUT2D eigenvalue weighted by Crippen LogP contribution is -2.47. The number of piperazine rings is 1. The second-order valence-corrected chi connectivity index (χ2v) is 8.13. The molecule has 2 aromatic heterocycles. The number of rotatable bonds is 5. The van der Waals surface area contributed by atoms with Crippen molar-refractivity contribution in [3.8, 4) is 0 Å². The van der Waals surface area contributed by atoms with Gasteiger partial charge in [-0.3, -0.25) is 9.30 Å². The van der Waals surface area contributed by atoms with E-state index < -0.39 is 11.7 Å². The van der Waals surface area contributed by atoms with Gasteiger partial charge in [0.2, 0.25) is 0 Å². The normalized spacial score (nSPS) is 14.9. The van der Waals surface area contributed by atoms with Gasteiger partial charge in [-0.2, -0.15) is 13.2 Å². The van der Waals surface area contributed by atoms with E-state index in [1.165, 1.54) is 12.1 Å². The number of alkyl halides is 3. The number of pyridine rings is 1. The maximum atomic E-state index is 12.9. The van der Waals surface area contributed by atoms with Crippen LogP contribution in [0.4, 0.5) is 18.9 Å². The smallest absolute Gasteiger partial charge is 0.369 e. The van der Waals surface area contributed by atoms with Crippen molar-refractivity contribution in [2.75, 3.05) is 43.4 Å². The highest BCUT2D eigenvalue weighted by Crippen LogP contribution is 2.32. The molecule has 1 aliphatic rings. The number of fused-ring (bicyclic) bond motifs is 1. The van der Waals surface area contributed by atoms with Gasteiger partial charge in [0.1, 0.15) is 0 Å². The average molecular weight is 494 g/mol. The van der Waals surface area contributed by atoms with E-state index in [0.29, 0.717) is 5.69 Å². The summed E-state index contributed by atoms with van der Waals surface area (Å²) in [4.78, 5) is 4.36. The number of hydrogen-bond donors (Lipinski definition) is 0. The Labute approximate surface area is 195 Å². The monoisotopic (exact) mass is 493 g/mol. The van der Waals surface area contributed by atoms with Gasteiger partial charge in [0.25, 0.3) is 0 Å². The van der Waals surface area contributed by atoms with E-state index >= 15 is 0 Å². The fraction of sp³-hybridized carbons (Fsp3) is 0.400. The number of aryl methyl sites for hydroxylation is 1. The number of aromatic nitrogens is 3. The average Bonchev–Trinajstić information content (AvgIpc) is 3.12. The van der Waals surface area contributed by atoms with Crippen LogP contribution in [0.2, 0.25) is 0 Å². The van der Waals surface area contributed by atoms with Crippen molar-refractivity contribution in [3.05, 3.63) is 53.7 Å². The fourth-order valence-corrected chi connectivity index (χ4v) is 4.53. The van der Waals surface area contributed by atoms with Crippen LogP contribution in [-0.4, -0.2) is 58.0 Å². The Morgan fingerprint density at radius 1 is 0.968 bits per heavy atom. The molecule has 1 fully saturated rings. The predicted molar refractivity (Wildman–Crippen MR) is 123 cm³/mol. The fourth-order valence-electron chi connectivity index (χ4n) is 3.54. The first-order chi connectivity index (χ1) is 13.9. The molecule has 170 valence electrons. The van der Waals surface area contributed by atoms with Crippen molar-refractivity contribution in [1.29, 1.82) is 0 Å². The summed E-state index contributed by atoms with van der Waals surface area (Å²) in [6, 6.07) is 11.5. The number of nitrogens with zero attached hydrogens (tertiary/aromatic N) is 5. The molecule has 31 heavy (non-hydrogen) atoms. The highest BCUT2D eigenvalue weighted by atomic mass is 35.5. The topological polar surface area (TPSA) is 36.7 Å². The van der Waals surface area contributed by atoms with Gasteiger partial charge in [-0.05, 0) is 37.3 Å². The number of hydrogen-bond acceptors (Lipinski definition) is 5. The molecule has 3 aromatic rings. The molecule has 0 radical (unpaired) electrons. The van der Waals surface area contributed by atoms with E-state index in [9.17, 15) is 13.2 Å². The molecule has 0 aliphatic carbocycles. The van der Waals surface area contributed by atoms with Crippen LogP contribution in [0.1, 0.15) is 11.3 Å². The second-order valence-electron chi connectivity index (χ2n) is 7.07. The molecule has 4 rings (SSSR count). The summed E-state index contributed by atoms with van der Waals surface area (Å²) in [5.74, 6) is 0.888. The Balaban J connectivity index is 0.00000171. The highest BCUT2D eigenvalue weighted by Gasteiger charge is 2.31. The summed E-state index contributed by atoms with van der Waals surface area (Å²) >= 11 is 1.68. The van der Waals surface area contributed by atoms with E-state index in [1.807, 2.05) is 30.0 Å². The van der Waals surface area contributed by atoms with Crippen LogP contribution in [-0.2, 0) is 6.18 Å². The van der Waals surface area contributed by atoms with E-state index in [2.05, 4.69) is 19.5 Å². The molecule has 0 bridgehead atoms. The zero-order valence-electron chi connectivity index (χ0n) is 16.9. The largest absolute Gasteiger partial charge is 0.416 e. The van der Waals surface area contributed by atoms with Gasteiger partial charge in [0.15, 0.2) is 10.8 Å². The maximum Gasteiger partial charge on any atom is 0.416 e. The Hall–Kier alpha value is -1.68. The van der Waals surface area contributed by atoms with Crippen LogP contribution in [0.5, 0.6) is 0 Å². The second kappa shape index (κ2) is 10.8. The third-order valence-corrected chi connectivity index (χ3v) is 6.05. The van der Waals surface area contributed by atoms with Gasteiger partial charge < -0.3 is 4.90 Å². The molecule has 0 atom stereocenters. The number of halogens is 5. The summed E-state index contributed by atoms with van der Waals surface area (Å²) in [6.07, 6.45) is -4.31. The summed E-state index contributed by atoms with van der Waals surface area (Å²) in [7, 11) is 0. The quantitative estimate of drug-likeness (QED) is 0.476. The summed E-state index contributed by atoms with van der Waals surface area (Å²) in [6.45, 7) is 6.04. The minimum Gasteiger partial charge on any atom is -0.369 e. The lowest BCUT2D eigenvalue weighted by molar-refractivity contribution is -0.137. The molecular weight excluding hydrogens is 470 g/mol. The van der Waals surface area contributed by atoms with Gasteiger partial charge in [-0.25, -0.2) is 0 Å². The summed E-state index contributed by atoms with van der Waals surface area (Å²) in [5, 5.41) is 9.37. The molecule has 11 heteroatoms.